The van der Waals surface area contributed by atoms with E-state index >= 15 is 0 Å². The van der Waals surface area contributed by atoms with Crippen LogP contribution < -0.4 is 5.32 Å². The van der Waals surface area contributed by atoms with E-state index in [0.29, 0.717) is 11.9 Å². The van der Waals surface area contributed by atoms with E-state index in [9.17, 15) is 4.79 Å². The lowest BCUT2D eigenvalue weighted by Gasteiger charge is -2.33. The van der Waals surface area contributed by atoms with Crippen molar-refractivity contribution in [1.29, 1.82) is 0 Å². The molecule has 1 saturated heterocycles. The lowest BCUT2D eigenvalue weighted by atomic mass is 9.97. The molecule has 1 aromatic carbocycles. The largest absolute Gasteiger partial charge is 0.466 e. The van der Waals surface area contributed by atoms with E-state index < -0.39 is 0 Å². The molecule has 0 bridgehead atoms. The Morgan fingerprint density at radius 2 is 2.15 bits per heavy atom. The quantitative estimate of drug-likeness (QED) is 0.261. The Labute approximate surface area is 188 Å². The number of carbonyl (C=O) groups is 1. The maximum absolute atomic E-state index is 11.9. The number of hydrogen-bond donors (Lipinski definition) is 1. The van der Waals surface area contributed by atoms with Crippen LogP contribution >= 0.6 is 47.3 Å². The van der Waals surface area contributed by atoms with Crippen LogP contribution in [0.5, 0.6) is 0 Å². The third-order valence-corrected chi connectivity index (χ3v) is 5.82. The summed E-state index contributed by atoms with van der Waals surface area (Å²) in [5.74, 6) is 0.821. The summed E-state index contributed by atoms with van der Waals surface area (Å²) in [6.45, 7) is 4.68. The van der Waals surface area contributed by atoms with E-state index in [-0.39, 0.29) is 35.9 Å². The maximum Gasteiger partial charge on any atom is 0.309 e. The summed E-state index contributed by atoms with van der Waals surface area (Å²) in [6, 6.07) is 7.98. The number of halogens is 2. The fraction of sp³-hybridized carbons (Fsp3) is 0.579. The zero-order valence-electron chi connectivity index (χ0n) is 16.1. The zero-order chi connectivity index (χ0) is 18.9. The van der Waals surface area contributed by atoms with Gasteiger partial charge in [0.15, 0.2) is 5.96 Å². The molecule has 1 atom stereocenters. The normalized spacial score (nSPS) is 16.4. The van der Waals surface area contributed by atoms with Gasteiger partial charge in [-0.3, -0.25) is 9.79 Å². The number of aliphatic imine (C=N–C) groups is 1. The zero-order valence-corrected chi connectivity index (χ0v) is 20.0. The Bertz CT molecular complexity index is 625. The molecule has 1 unspecified atom stereocenters. The van der Waals surface area contributed by atoms with Crippen molar-refractivity contribution in [3.63, 3.8) is 0 Å². The van der Waals surface area contributed by atoms with Crippen LogP contribution in [0.4, 0.5) is 0 Å². The molecular formula is C19H29ClIN3O2S. The molecule has 0 amide bonds. The second-order valence-corrected chi connectivity index (χ2v) is 7.70. The fourth-order valence-electron chi connectivity index (χ4n) is 3.15. The summed E-state index contributed by atoms with van der Waals surface area (Å²) in [5.41, 5.74) is 1.20. The first-order valence-corrected chi connectivity index (χ1v) is 10.7. The molecule has 0 saturated carbocycles. The molecule has 27 heavy (non-hydrogen) atoms. The van der Waals surface area contributed by atoms with Gasteiger partial charge in [-0.1, -0.05) is 23.7 Å². The van der Waals surface area contributed by atoms with Crippen molar-refractivity contribution in [2.45, 2.75) is 25.0 Å². The number of esters is 1. The minimum absolute atomic E-state index is 0. The van der Waals surface area contributed by atoms with E-state index in [0.717, 1.165) is 43.5 Å². The van der Waals surface area contributed by atoms with Gasteiger partial charge in [0.2, 0.25) is 0 Å². The molecule has 1 heterocycles. The molecule has 0 aliphatic carbocycles. The van der Waals surface area contributed by atoms with Gasteiger partial charge < -0.3 is 15.0 Å². The summed E-state index contributed by atoms with van der Waals surface area (Å²) >= 11 is 7.90. The summed E-state index contributed by atoms with van der Waals surface area (Å²) in [5, 5.41) is 4.52. The molecule has 2 rings (SSSR count). The number of thioether (sulfide) groups is 1. The number of guanidine groups is 1. The molecule has 1 N–H and O–H groups in total. The van der Waals surface area contributed by atoms with Crippen LogP contribution in [-0.2, 0) is 9.53 Å². The number of carbonyl (C=O) groups excluding carboxylic acids is 1. The van der Waals surface area contributed by atoms with Crippen molar-refractivity contribution in [3.05, 3.63) is 34.9 Å². The first kappa shape index (κ1) is 24.4. The molecule has 5 nitrogen and oxygen atoms in total. The van der Waals surface area contributed by atoms with Gasteiger partial charge in [-0.15, -0.1) is 24.0 Å². The topological polar surface area (TPSA) is 53.9 Å². The fourth-order valence-corrected chi connectivity index (χ4v) is 4.02. The number of nitrogens with zero attached hydrogens (tertiary/aromatic N) is 2. The average molecular weight is 526 g/mol. The van der Waals surface area contributed by atoms with Crippen molar-refractivity contribution in [3.8, 4) is 0 Å². The van der Waals surface area contributed by atoms with E-state index in [1.807, 2.05) is 25.1 Å². The number of rotatable bonds is 6. The predicted molar refractivity (Wildman–Crippen MR) is 125 cm³/mol. The van der Waals surface area contributed by atoms with E-state index in [4.69, 9.17) is 16.3 Å². The third kappa shape index (κ3) is 7.34. The first-order valence-electron chi connectivity index (χ1n) is 8.99. The van der Waals surface area contributed by atoms with Crippen molar-refractivity contribution in [2.24, 2.45) is 10.9 Å². The van der Waals surface area contributed by atoms with E-state index in [1.165, 1.54) is 5.56 Å². The van der Waals surface area contributed by atoms with Crippen LogP contribution in [0.2, 0.25) is 5.02 Å². The number of piperidine rings is 1. The lowest BCUT2D eigenvalue weighted by Crippen LogP contribution is -2.47. The Morgan fingerprint density at radius 3 is 2.70 bits per heavy atom. The second-order valence-electron chi connectivity index (χ2n) is 6.22. The molecule has 0 radical (unpaired) electrons. The SMILES string of the molecule is CCOC(=O)C1CCN(C(=NC)NCC(SC)c2cccc(Cl)c2)CC1.I. The molecule has 152 valence electrons. The van der Waals surface area contributed by atoms with Crippen LogP contribution in [0.15, 0.2) is 29.3 Å². The van der Waals surface area contributed by atoms with Crippen molar-refractivity contribution < 1.29 is 9.53 Å². The number of nitrogens with one attached hydrogen (secondary N) is 1. The summed E-state index contributed by atoms with van der Waals surface area (Å²) in [4.78, 5) is 18.5. The summed E-state index contributed by atoms with van der Waals surface area (Å²) in [6.07, 6.45) is 3.71. The third-order valence-electron chi connectivity index (χ3n) is 4.58. The molecular weight excluding hydrogens is 497 g/mol. The Morgan fingerprint density at radius 1 is 1.44 bits per heavy atom. The van der Waals surface area contributed by atoms with Crippen molar-refractivity contribution in [2.75, 3.05) is 39.5 Å². The van der Waals surface area contributed by atoms with Gasteiger partial charge in [0.1, 0.15) is 0 Å². The van der Waals surface area contributed by atoms with E-state index in [1.54, 1.807) is 18.8 Å². The molecule has 1 aliphatic heterocycles. The minimum Gasteiger partial charge on any atom is -0.466 e. The van der Waals surface area contributed by atoms with E-state index in [2.05, 4.69) is 27.5 Å². The minimum atomic E-state index is -0.0708. The highest BCUT2D eigenvalue weighted by Gasteiger charge is 2.27. The number of ether oxygens (including phenoxy) is 1. The van der Waals surface area contributed by atoms with Crippen molar-refractivity contribution >= 4 is 59.3 Å². The average Bonchev–Trinajstić information content (AvgIpc) is 2.66. The Hall–Kier alpha value is -0.670. The summed E-state index contributed by atoms with van der Waals surface area (Å²) < 4.78 is 5.14. The highest BCUT2D eigenvalue weighted by molar-refractivity contribution is 14.0. The van der Waals surface area contributed by atoms with Gasteiger partial charge in [0.05, 0.1) is 12.5 Å². The number of hydrogen-bond acceptors (Lipinski definition) is 4. The van der Waals surface area contributed by atoms with Gasteiger partial charge in [-0.25, -0.2) is 0 Å². The predicted octanol–water partition coefficient (Wildman–Crippen LogP) is 4.21. The summed E-state index contributed by atoms with van der Waals surface area (Å²) in [7, 11) is 1.80. The smallest absolute Gasteiger partial charge is 0.309 e. The van der Waals surface area contributed by atoms with Gasteiger partial charge in [0, 0.05) is 37.0 Å². The Balaban J connectivity index is 0.00000364. The van der Waals surface area contributed by atoms with Gasteiger partial charge >= 0.3 is 5.97 Å². The lowest BCUT2D eigenvalue weighted by molar-refractivity contribution is -0.149. The van der Waals surface area contributed by atoms with Crippen LogP contribution in [-0.4, -0.2) is 56.4 Å². The molecule has 8 heteroatoms. The standard InChI is InChI=1S/C19H28ClN3O2S.HI/c1-4-25-18(24)14-8-10-23(11-9-14)19(21-2)22-13-17(26-3)15-6-5-7-16(20)12-15;/h5-7,12,14,17H,4,8-11,13H2,1-3H3,(H,21,22);1H. The van der Waals surface area contributed by atoms with Gasteiger partial charge in [-0.05, 0) is 43.7 Å². The molecule has 0 aromatic heterocycles. The highest BCUT2D eigenvalue weighted by Crippen LogP contribution is 2.28. The Kier molecular flexibility index (Phi) is 11.5. The first-order chi connectivity index (χ1) is 12.6. The molecule has 1 aromatic rings. The maximum atomic E-state index is 11.9. The molecule has 0 spiro atoms. The van der Waals surface area contributed by atoms with Crippen LogP contribution in [0.1, 0.15) is 30.6 Å². The van der Waals surface area contributed by atoms with Gasteiger partial charge in [-0.2, -0.15) is 11.8 Å². The monoisotopic (exact) mass is 525 g/mol. The van der Waals surface area contributed by atoms with Crippen LogP contribution in [0.25, 0.3) is 0 Å². The number of likely N-dealkylation sites (tertiary alicyclic amines) is 1. The van der Waals surface area contributed by atoms with Crippen LogP contribution in [0, 0.1) is 5.92 Å². The molecule has 1 fully saturated rings. The van der Waals surface area contributed by atoms with Gasteiger partial charge in [0.25, 0.3) is 0 Å². The molecule has 1 aliphatic rings. The van der Waals surface area contributed by atoms with Crippen LogP contribution in [0.3, 0.4) is 0 Å². The highest BCUT2D eigenvalue weighted by atomic mass is 127. The van der Waals surface area contributed by atoms with Crippen molar-refractivity contribution in [1.82, 2.24) is 10.2 Å². The number of benzene rings is 1. The second kappa shape index (κ2) is 12.7.